The molecule has 8 heteroatoms. The summed E-state index contributed by atoms with van der Waals surface area (Å²) < 4.78 is 5.56. The van der Waals surface area contributed by atoms with Gasteiger partial charge in [-0.05, 0) is 30.5 Å². The smallest absolute Gasteiger partial charge is 0.318 e. The monoisotopic (exact) mass is 406 g/mol. The minimum atomic E-state index is -0.559. The van der Waals surface area contributed by atoms with Gasteiger partial charge in [0.15, 0.2) is 5.76 Å². The summed E-state index contributed by atoms with van der Waals surface area (Å²) >= 11 is 0. The fourth-order valence-corrected chi connectivity index (χ4v) is 3.56. The zero-order valence-electron chi connectivity index (χ0n) is 16.5. The third kappa shape index (κ3) is 3.98. The van der Waals surface area contributed by atoms with Crippen LogP contribution in [0.4, 0.5) is 4.79 Å². The Kier molecular flexibility index (Phi) is 5.38. The van der Waals surface area contributed by atoms with Crippen LogP contribution in [0, 0.1) is 6.92 Å². The second-order valence-electron chi connectivity index (χ2n) is 7.15. The summed E-state index contributed by atoms with van der Waals surface area (Å²) in [4.78, 5) is 38.4. The molecule has 1 aromatic heterocycles. The second kappa shape index (κ2) is 8.28. The van der Waals surface area contributed by atoms with Crippen LogP contribution in [0.3, 0.4) is 0 Å². The van der Waals surface area contributed by atoms with Gasteiger partial charge in [0, 0.05) is 24.0 Å². The van der Waals surface area contributed by atoms with Gasteiger partial charge in [-0.1, -0.05) is 42.5 Å². The summed E-state index contributed by atoms with van der Waals surface area (Å²) in [6, 6.07) is 15.0. The number of benzene rings is 2. The number of nitrogens with zero attached hydrogens (tertiary/aromatic N) is 1. The Hall–Kier alpha value is -3.81. The molecule has 30 heavy (non-hydrogen) atoms. The topological polar surface area (TPSA) is 104 Å². The summed E-state index contributed by atoms with van der Waals surface area (Å²) in [5.41, 5.74) is 8.25. The van der Waals surface area contributed by atoms with E-state index in [1.165, 1.54) is 5.56 Å². The molecule has 8 nitrogen and oxygen atoms in total. The van der Waals surface area contributed by atoms with Crippen molar-refractivity contribution < 1.29 is 18.8 Å². The Balaban J connectivity index is 1.26. The Morgan fingerprint density at radius 1 is 1.00 bits per heavy atom. The number of nitrogens with one attached hydrogen (secondary N) is 3. The van der Waals surface area contributed by atoms with Crippen molar-refractivity contribution in [1.29, 1.82) is 0 Å². The van der Waals surface area contributed by atoms with Crippen molar-refractivity contribution in [3.8, 4) is 0 Å². The van der Waals surface area contributed by atoms with Gasteiger partial charge in [-0.3, -0.25) is 20.4 Å². The number of aryl methyl sites for hydroxylation is 1. The predicted octanol–water partition coefficient (Wildman–Crippen LogP) is 2.27. The van der Waals surface area contributed by atoms with E-state index >= 15 is 0 Å². The van der Waals surface area contributed by atoms with E-state index in [1.54, 1.807) is 17.9 Å². The molecule has 3 N–H and O–H groups in total. The average molecular weight is 406 g/mol. The standard InChI is InChI=1S/C22H22N4O4/c1-14-17-8-4-5-9-18(17)30-20(14)21(28)25-24-19(27)12-23-22(29)26-11-10-15-6-2-3-7-16(15)13-26/h2-9H,10-13H2,1H3,(H,23,29)(H,24,27)(H,25,28). The molecule has 0 radical (unpaired) electrons. The molecule has 3 aromatic rings. The van der Waals surface area contributed by atoms with Crippen LogP contribution in [0.5, 0.6) is 0 Å². The van der Waals surface area contributed by atoms with Crippen LogP contribution in [-0.4, -0.2) is 35.8 Å². The number of fused-ring (bicyclic) bond motifs is 2. The van der Waals surface area contributed by atoms with Crippen LogP contribution in [0.2, 0.25) is 0 Å². The van der Waals surface area contributed by atoms with Crippen molar-refractivity contribution in [2.75, 3.05) is 13.1 Å². The van der Waals surface area contributed by atoms with E-state index in [9.17, 15) is 14.4 Å². The van der Waals surface area contributed by atoms with Gasteiger partial charge in [-0.25, -0.2) is 4.79 Å². The Bertz CT molecular complexity index is 1120. The van der Waals surface area contributed by atoms with E-state index in [2.05, 4.69) is 22.2 Å². The molecule has 1 aliphatic heterocycles. The number of para-hydroxylation sites is 1. The van der Waals surface area contributed by atoms with Gasteiger partial charge in [0.1, 0.15) is 12.1 Å². The van der Waals surface area contributed by atoms with Gasteiger partial charge >= 0.3 is 11.9 Å². The summed E-state index contributed by atoms with van der Waals surface area (Å²) in [7, 11) is 0. The first-order chi connectivity index (χ1) is 14.5. The first-order valence-electron chi connectivity index (χ1n) is 9.70. The molecule has 0 saturated heterocycles. The number of amides is 4. The van der Waals surface area contributed by atoms with Gasteiger partial charge < -0.3 is 14.6 Å². The van der Waals surface area contributed by atoms with E-state index in [-0.39, 0.29) is 18.3 Å². The van der Waals surface area contributed by atoms with Gasteiger partial charge in [-0.2, -0.15) is 0 Å². The lowest BCUT2D eigenvalue weighted by atomic mass is 10.0. The Morgan fingerprint density at radius 2 is 1.73 bits per heavy atom. The first-order valence-corrected chi connectivity index (χ1v) is 9.70. The van der Waals surface area contributed by atoms with Crippen molar-refractivity contribution in [2.45, 2.75) is 19.9 Å². The Labute approximate surface area is 173 Å². The number of hydrogen-bond donors (Lipinski definition) is 3. The third-order valence-electron chi connectivity index (χ3n) is 5.18. The molecule has 154 valence electrons. The molecule has 2 aromatic carbocycles. The highest BCUT2D eigenvalue weighted by molar-refractivity contribution is 5.99. The predicted molar refractivity (Wildman–Crippen MR) is 111 cm³/mol. The minimum absolute atomic E-state index is 0.132. The number of rotatable bonds is 3. The fourth-order valence-electron chi connectivity index (χ4n) is 3.56. The largest absolute Gasteiger partial charge is 0.451 e. The highest BCUT2D eigenvalue weighted by atomic mass is 16.3. The maximum absolute atomic E-state index is 12.3. The number of carbonyl (C=O) groups is 3. The summed E-state index contributed by atoms with van der Waals surface area (Å²) in [5, 5.41) is 3.42. The fraction of sp³-hybridized carbons (Fsp3) is 0.227. The SMILES string of the molecule is Cc1c(C(=O)NNC(=O)CNC(=O)N2CCc3ccccc3C2)oc2ccccc12. The van der Waals surface area contributed by atoms with Crippen LogP contribution in [-0.2, 0) is 17.8 Å². The molecule has 0 atom stereocenters. The van der Waals surface area contributed by atoms with Crippen molar-refractivity contribution in [3.05, 3.63) is 71.0 Å². The van der Waals surface area contributed by atoms with Gasteiger partial charge in [0.05, 0.1) is 0 Å². The lowest BCUT2D eigenvalue weighted by Crippen LogP contribution is -2.49. The lowest BCUT2D eigenvalue weighted by Gasteiger charge is -2.28. The van der Waals surface area contributed by atoms with Crippen molar-refractivity contribution in [2.24, 2.45) is 0 Å². The van der Waals surface area contributed by atoms with Crippen LogP contribution in [0.15, 0.2) is 52.9 Å². The first kappa shape index (κ1) is 19.5. The highest BCUT2D eigenvalue weighted by Crippen LogP contribution is 2.24. The number of carbonyl (C=O) groups excluding carboxylic acids is 3. The van der Waals surface area contributed by atoms with Gasteiger partial charge in [-0.15, -0.1) is 0 Å². The average Bonchev–Trinajstić information content (AvgIpc) is 3.12. The molecule has 2 heterocycles. The molecule has 4 amide bonds. The maximum Gasteiger partial charge on any atom is 0.318 e. The van der Waals surface area contributed by atoms with E-state index in [0.717, 1.165) is 17.4 Å². The zero-order valence-corrected chi connectivity index (χ0v) is 16.5. The Morgan fingerprint density at radius 3 is 2.53 bits per heavy atom. The molecule has 0 bridgehead atoms. The van der Waals surface area contributed by atoms with Gasteiger partial charge in [0.2, 0.25) is 0 Å². The number of furan rings is 1. The molecule has 0 saturated carbocycles. The molecular weight excluding hydrogens is 384 g/mol. The van der Waals surface area contributed by atoms with Crippen LogP contribution >= 0.6 is 0 Å². The molecular formula is C22H22N4O4. The van der Waals surface area contributed by atoms with E-state index in [4.69, 9.17) is 4.42 Å². The summed E-state index contributed by atoms with van der Waals surface area (Å²) in [6.07, 6.45) is 0.780. The highest BCUT2D eigenvalue weighted by Gasteiger charge is 2.21. The molecule has 4 rings (SSSR count). The summed E-state index contributed by atoms with van der Waals surface area (Å²) in [5.74, 6) is -0.966. The summed E-state index contributed by atoms with van der Waals surface area (Å²) in [6.45, 7) is 2.62. The van der Waals surface area contributed by atoms with Crippen molar-refractivity contribution in [3.63, 3.8) is 0 Å². The van der Waals surface area contributed by atoms with Crippen molar-refractivity contribution in [1.82, 2.24) is 21.1 Å². The van der Waals surface area contributed by atoms with Crippen LogP contribution < -0.4 is 16.2 Å². The quantitative estimate of drug-likeness (QED) is 0.581. The lowest BCUT2D eigenvalue weighted by molar-refractivity contribution is -0.120. The number of hydrogen-bond acceptors (Lipinski definition) is 4. The third-order valence-corrected chi connectivity index (χ3v) is 5.18. The number of hydrazine groups is 1. The molecule has 0 spiro atoms. The second-order valence-corrected chi connectivity index (χ2v) is 7.15. The molecule has 0 fully saturated rings. The zero-order chi connectivity index (χ0) is 21.1. The molecule has 1 aliphatic rings. The van der Waals surface area contributed by atoms with E-state index in [1.807, 2.05) is 36.4 Å². The molecule has 0 aliphatic carbocycles. The van der Waals surface area contributed by atoms with E-state index in [0.29, 0.717) is 24.2 Å². The van der Waals surface area contributed by atoms with E-state index < -0.39 is 11.8 Å². The van der Waals surface area contributed by atoms with Crippen LogP contribution in [0.25, 0.3) is 11.0 Å². The number of urea groups is 1. The van der Waals surface area contributed by atoms with Crippen molar-refractivity contribution >= 4 is 28.8 Å². The minimum Gasteiger partial charge on any atom is -0.451 e. The maximum atomic E-state index is 12.3. The van der Waals surface area contributed by atoms with Crippen LogP contribution in [0.1, 0.15) is 27.2 Å². The molecule has 0 unspecified atom stereocenters. The van der Waals surface area contributed by atoms with Gasteiger partial charge in [0.25, 0.3) is 5.91 Å². The normalized spacial score (nSPS) is 12.9.